The van der Waals surface area contributed by atoms with Crippen LogP contribution in [-0.4, -0.2) is 46.1 Å². The summed E-state index contributed by atoms with van der Waals surface area (Å²) >= 11 is 1.71. The van der Waals surface area contributed by atoms with Crippen LogP contribution in [0.2, 0.25) is 0 Å². The van der Waals surface area contributed by atoms with Gasteiger partial charge in [-0.3, -0.25) is 4.99 Å². The van der Waals surface area contributed by atoms with E-state index in [2.05, 4.69) is 45.2 Å². The summed E-state index contributed by atoms with van der Waals surface area (Å²) in [7, 11) is 0. The molecule has 0 aromatic heterocycles. The van der Waals surface area contributed by atoms with Gasteiger partial charge in [0.15, 0.2) is 6.23 Å². The SMILES string of the molecule is CCC(CC)/C(O)=C/[C@@H](O)C(CC)CC.[2H]C([2H])([2H])C1=NC2OC3=C([C@@H]4[N-]CC=C5SC(C([2H])([2H])C(C)(C)C)C[C@@H]54)[CH-]CC[C@H]3C2CC1.[Ir]. The first-order valence-electron chi connectivity index (χ1n) is 19.4. The summed E-state index contributed by atoms with van der Waals surface area (Å²) in [6.07, 6.45) is 11.8. The zero-order valence-corrected chi connectivity index (χ0v) is 31.1. The second-order valence-electron chi connectivity index (χ2n) is 13.9. The van der Waals surface area contributed by atoms with Crippen LogP contribution in [0.15, 0.2) is 39.1 Å². The predicted molar refractivity (Wildman–Crippen MR) is 183 cm³/mol. The average Bonchev–Trinajstić information content (AvgIpc) is 3.64. The van der Waals surface area contributed by atoms with Gasteiger partial charge in [-0.25, -0.2) is 6.42 Å². The predicted octanol–water partition coefficient (Wildman–Crippen LogP) is 9.94. The van der Waals surface area contributed by atoms with E-state index in [4.69, 9.17) is 16.9 Å². The fourth-order valence-corrected chi connectivity index (χ4v) is 9.04. The van der Waals surface area contributed by atoms with Crippen molar-refractivity contribution in [2.24, 2.45) is 40.0 Å². The Morgan fingerprint density at radius 2 is 1.93 bits per heavy atom. The van der Waals surface area contributed by atoms with E-state index in [0.29, 0.717) is 24.4 Å². The molecule has 3 unspecified atom stereocenters. The molecule has 5 aliphatic rings. The number of nitrogens with zero attached hydrogens (tertiary/aromatic N) is 2. The first-order valence-corrected chi connectivity index (χ1v) is 17.8. The first-order chi connectivity index (χ1) is 22.5. The molecule has 0 saturated carbocycles. The van der Waals surface area contributed by atoms with Gasteiger partial charge in [-0.2, -0.15) is 5.57 Å². The summed E-state index contributed by atoms with van der Waals surface area (Å²) in [5.41, 5.74) is 1.01. The molecule has 5 rings (SSSR count). The zero-order chi connectivity index (χ0) is 35.6. The molecule has 44 heavy (non-hydrogen) atoms. The van der Waals surface area contributed by atoms with Crippen molar-refractivity contribution < 1.29 is 41.9 Å². The second kappa shape index (κ2) is 16.9. The van der Waals surface area contributed by atoms with Gasteiger partial charge >= 0.3 is 0 Å². The summed E-state index contributed by atoms with van der Waals surface area (Å²) in [6, 6.07) is -0.0118. The van der Waals surface area contributed by atoms with Crippen LogP contribution in [0.1, 0.15) is 126 Å². The van der Waals surface area contributed by atoms with Gasteiger partial charge < -0.3 is 20.3 Å². The molecule has 1 radical (unpaired) electrons. The van der Waals surface area contributed by atoms with Crippen LogP contribution in [0, 0.1) is 41.4 Å². The number of ether oxygens (including phenoxy) is 1. The minimum atomic E-state index is -2.15. The van der Waals surface area contributed by atoms with Gasteiger partial charge in [0, 0.05) is 49.8 Å². The third-order valence-corrected chi connectivity index (χ3v) is 11.2. The molecule has 0 aromatic carbocycles. The molecule has 0 aromatic rings. The summed E-state index contributed by atoms with van der Waals surface area (Å²) < 4.78 is 47.3. The van der Waals surface area contributed by atoms with Crippen molar-refractivity contribution in [3.05, 3.63) is 45.9 Å². The Hall–Kier alpha value is -0.721. The van der Waals surface area contributed by atoms with Crippen LogP contribution in [-0.2, 0) is 24.8 Å². The monoisotopic (exact) mass is 810 g/mol. The van der Waals surface area contributed by atoms with Gasteiger partial charge in [0.05, 0.1) is 11.9 Å². The topological polar surface area (TPSA) is 76.2 Å². The van der Waals surface area contributed by atoms with Crippen molar-refractivity contribution in [1.82, 2.24) is 0 Å². The maximum Gasteiger partial charge on any atom is 0.171 e. The van der Waals surface area contributed by atoms with Crippen LogP contribution in [0.25, 0.3) is 5.32 Å². The van der Waals surface area contributed by atoms with E-state index in [9.17, 15) is 10.2 Å². The van der Waals surface area contributed by atoms with E-state index in [0.717, 1.165) is 62.7 Å². The Morgan fingerprint density at radius 1 is 1.20 bits per heavy atom. The van der Waals surface area contributed by atoms with Crippen LogP contribution < -0.4 is 0 Å². The van der Waals surface area contributed by atoms with Crippen molar-refractivity contribution in [2.75, 3.05) is 6.54 Å². The molecular weight excluding hydrogens is 745 g/mol. The molecule has 1 aliphatic carbocycles. The number of aliphatic hydroxyl groups excluding tert-OH is 2. The van der Waals surface area contributed by atoms with Crippen LogP contribution in [0.5, 0.6) is 0 Å². The van der Waals surface area contributed by atoms with Gasteiger partial charge in [-0.1, -0.05) is 73.8 Å². The van der Waals surface area contributed by atoms with E-state index in [1.807, 2.05) is 20.8 Å². The Labute approximate surface area is 294 Å². The van der Waals surface area contributed by atoms with Crippen molar-refractivity contribution in [2.45, 2.75) is 143 Å². The van der Waals surface area contributed by atoms with E-state index in [-0.39, 0.29) is 61.0 Å². The van der Waals surface area contributed by atoms with Gasteiger partial charge in [0.1, 0.15) is 0 Å². The maximum atomic E-state index is 9.88. The van der Waals surface area contributed by atoms with E-state index in [1.54, 1.807) is 17.8 Å². The largest absolute Gasteiger partial charge is 0.654 e. The Bertz CT molecular complexity index is 1240. The van der Waals surface area contributed by atoms with E-state index >= 15 is 0 Å². The molecule has 0 spiro atoms. The van der Waals surface area contributed by atoms with Gasteiger partial charge in [-0.05, 0) is 85.2 Å². The number of fused-ring (bicyclic) bond motifs is 4. The molecule has 5 nitrogen and oxygen atoms in total. The molecule has 7 atom stereocenters. The third kappa shape index (κ3) is 9.21. The van der Waals surface area contributed by atoms with Crippen LogP contribution >= 0.6 is 11.8 Å². The Morgan fingerprint density at radius 3 is 2.57 bits per heavy atom. The fourth-order valence-electron chi connectivity index (χ4n) is 7.42. The molecule has 2 fully saturated rings. The molecule has 4 heterocycles. The molecule has 0 amide bonds. The molecule has 7 heteroatoms. The van der Waals surface area contributed by atoms with Crippen molar-refractivity contribution in [3.63, 3.8) is 0 Å². The minimum Gasteiger partial charge on any atom is -0.654 e. The molecule has 2 N–H and O–H groups in total. The smallest absolute Gasteiger partial charge is 0.171 e. The van der Waals surface area contributed by atoms with E-state index < -0.39 is 31.0 Å². The van der Waals surface area contributed by atoms with Crippen molar-refractivity contribution in [3.8, 4) is 0 Å². The molecule has 253 valence electrons. The number of hydrogen-bond donors (Lipinski definition) is 2. The van der Waals surface area contributed by atoms with Gasteiger partial charge in [0.25, 0.3) is 0 Å². The summed E-state index contributed by atoms with van der Waals surface area (Å²) in [4.78, 5) is 5.82. The van der Waals surface area contributed by atoms with Crippen LogP contribution in [0.4, 0.5) is 0 Å². The van der Waals surface area contributed by atoms with Crippen LogP contribution in [0.3, 0.4) is 0 Å². The Kier molecular flexibility index (Phi) is 11.8. The fraction of sp³-hybridized carbons (Fsp3) is 0.784. The Balaban J connectivity index is 0.000000347. The number of rotatable bonds is 9. The van der Waals surface area contributed by atoms with Gasteiger partial charge in [0.2, 0.25) is 0 Å². The number of aliphatic hydroxyl groups is 2. The minimum absolute atomic E-state index is 0. The quantitative estimate of drug-likeness (QED) is 0.180. The summed E-state index contributed by atoms with van der Waals surface area (Å²) in [6.45, 7) is 12.7. The first kappa shape index (κ1) is 30.6. The maximum absolute atomic E-state index is 9.88. The number of allylic oxidation sites excluding steroid dienone is 2. The third-order valence-electron chi connectivity index (χ3n) is 9.87. The van der Waals surface area contributed by atoms with Crippen molar-refractivity contribution in [1.29, 1.82) is 0 Å². The average molecular weight is 810 g/mol. The molecular formula is C37H60IrN2O3S-2. The number of thioether (sulfide) groups is 1. The normalized spacial score (nSPS) is 32.9. The summed E-state index contributed by atoms with van der Waals surface area (Å²) in [5, 5.41) is 24.6. The summed E-state index contributed by atoms with van der Waals surface area (Å²) in [5.74, 6) is 2.53. The number of aliphatic imine (C=N–C) groups is 1. The van der Waals surface area contributed by atoms with Gasteiger partial charge in [-0.15, -0.1) is 30.8 Å². The number of hydrogen-bond acceptors (Lipinski definition) is 5. The second-order valence-corrected chi connectivity index (χ2v) is 15.2. The standard InChI is InChI=1S/C24H34N2OS.C13H26O2.Ir/c1-14-8-9-17-16-6-5-7-18(22(16)27-23(17)26-14)21-19-12-15(13-24(2,3)4)28-20(19)10-11-25-21;1-5-10(6-2)12(14)9-13(15)11(7-3)8-4;/h7,10,15-17,19,21,23H,5-6,8-9,11-13H2,1-4H3;9-12,14-15H,5-8H2,1-4H3;/q-2;;/b;13-9-;/t15?,16-,17?,19-,21-,23?;12-;/m01./s1/i1D3,13D2;;. The van der Waals surface area contributed by atoms with Crippen molar-refractivity contribution >= 4 is 17.5 Å². The molecule has 2 saturated heterocycles. The van der Waals surface area contributed by atoms with E-state index in [1.165, 1.54) is 4.91 Å². The zero-order valence-electron chi connectivity index (χ0n) is 32.9. The molecule has 0 bridgehead atoms. The molecule has 4 aliphatic heterocycles.